The quantitative estimate of drug-likeness (QED) is 0.507. The molecular weight excluding hydrogens is 212 g/mol. The second-order valence-electron chi connectivity index (χ2n) is 3.82. The summed E-state index contributed by atoms with van der Waals surface area (Å²) in [6.45, 7) is 1.61. The Morgan fingerprint density at radius 2 is 1.12 bits per heavy atom. The number of aliphatic hydroxyl groups is 3. The van der Waals surface area contributed by atoms with Crippen LogP contribution in [0, 0.1) is 0 Å². The molecule has 0 aliphatic carbocycles. The van der Waals surface area contributed by atoms with Gasteiger partial charge in [0.05, 0.1) is 6.67 Å². The molecule has 4 aliphatic rings. The van der Waals surface area contributed by atoms with E-state index in [1.165, 1.54) is 0 Å². The lowest BCUT2D eigenvalue weighted by Gasteiger charge is -2.60. The Morgan fingerprint density at radius 3 is 1.50 bits per heavy atom. The Balaban J connectivity index is 2.08. The average molecular weight is 224 g/mol. The largest absolute Gasteiger partial charge is 0.512 e. The van der Waals surface area contributed by atoms with Crippen molar-refractivity contribution in [3.05, 3.63) is 36.2 Å². The molecule has 0 aromatic carbocycles. The van der Waals surface area contributed by atoms with Gasteiger partial charge in [-0.25, -0.2) is 0 Å². The van der Waals surface area contributed by atoms with Crippen molar-refractivity contribution in [1.29, 1.82) is 0 Å². The minimum absolute atomic E-state index is 0.498. The lowest BCUT2D eigenvalue weighted by Crippen LogP contribution is -2.67. The van der Waals surface area contributed by atoms with E-state index in [1.54, 1.807) is 9.80 Å². The second-order valence-corrected chi connectivity index (χ2v) is 3.82. The van der Waals surface area contributed by atoms with Gasteiger partial charge >= 0.3 is 0 Å². The van der Waals surface area contributed by atoms with Gasteiger partial charge in [0.1, 0.15) is 43.8 Å². The van der Waals surface area contributed by atoms with E-state index < -0.39 is 0 Å². The number of nitrogens with zero attached hydrogens (tertiary/aromatic N) is 4. The van der Waals surface area contributed by atoms with Gasteiger partial charge in [0.15, 0.2) is 5.82 Å². The summed E-state index contributed by atoms with van der Waals surface area (Å²) in [6.07, 6.45) is 3.05. The van der Waals surface area contributed by atoms with Gasteiger partial charge in [-0.3, -0.25) is 9.80 Å². The molecule has 7 heteroatoms. The summed E-state index contributed by atoms with van der Waals surface area (Å²) in [7, 11) is 0. The van der Waals surface area contributed by atoms with E-state index >= 15 is 0 Å². The number of aliphatic hydroxyl groups excluding tert-OH is 3. The molecule has 16 heavy (non-hydrogen) atoms. The van der Waals surface area contributed by atoms with Crippen molar-refractivity contribution in [1.82, 2.24) is 19.6 Å². The molecule has 0 amide bonds. The van der Waals surface area contributed by atoms with E-state index in [1.807, 2.05) is 9.80 Å². The Kier molecular flexibility index (Phi) is 1.65. The minimum Gasteiger partial charge on any atom is -0.512 e. The van der Waals surface area contributed by atoms with Crippen LogP contribution in [0.2, 0.25) is 0 Å². The first-order chi connectivity index (χ1) is 7.80. The van der Waals surface area contributed by atoms with Crippen LogP contribution in [0.3, 0.4) is 0 Å². The zero-order chi connectivity index (χ0) is 11.3. The lowest BCUT2D eigenvalue weighted by molar-refractivity contribution is -0.0947. The Labute approximate surface area is 92.0 Å². The fourth-order valence-corrected chi connectivity index (χ4v) is 2.38. The summed E-state index contributed by atoms with van der Waals surface area (Å²) in [4.78, 5) is 7.40. The molecule has 4 rings (SSSR count). The molecule has 4 heterocycles. The summed E-state index contributed by atoms with van der Waals surface area (Å²) in [5, 5.41) is 27.6. The van der Waals surface area contributed by atoms with Crippen LogP contribution < -0.4 is 0 Å². The van der Waals surface area contributed by atoms with Crippen molar-refractivity contribution in [2.75, 3.05) is 20.0 Å². The summed E-state index contributed by atoms with van der Waals surface area (Å²) in [5.41, 5.74) is 0. The van der Waals surface area contributed by atoms with E-state index in [2.05, 4.69) is 0 Å². The van der Waals surface area contributed by atoms with Gasteiger partial charge in [-0.05, 0) is 0 Å². The molecular formula is C9H12N4O3. The summed E-state index contributed by atoms with van der Waals surface area (Å²) in [6, 6.07) is 0. The standard InChI is InChI=1S/C9H12N4O3/c14-1-7-10-4-11-6-12(7)9(3-16)13(5-10)8(11)2-15/h1-3,14-16H,4-6H2. The highest BCUT2D eigenvalue weighted by Crippen LogP contribution is 2.39. The molecule has 4 fully saturated rings. The van der Waals surface area contributed by atoms with E-state index in [-0.39, 0.29) is 0 Å². The van der Waals surface area contributed by atoms with Gasteiger partial charge < -0.3 is 25.1 Å². The summed E-state index contributed by atoms with van der Waals surface area (Å²) >= 11 is 0. The van der Waals surface area contributed by atoms with Gasteiger partial charge in [0, 0.05) is 0 Å². The lowest BCUT2D eigenvalue weighted by atomic mass is 10.2. The Hall–Kier alpha value is -2.18. The first-order valence-electron chi connectivity index (χ1n) is 4.88. The van der Waals surface area contributed by atoms with Crippen molar-refractivity contribution < 1.29 is 15.3 Å². The van der Waals surface area contributed by atoms with Gasteiger partial charge in [-0.1, -0.05) is 0 Å². The summed E-state index contributed by atoms with van der Waals surface area (Å²) in [5.74, 6) is 1.86. The van der Waals surface area contributed by atoms with Gasteiger partial charge in [-0.15, -0.1) is 0 Å². The van der Waals surface area contributed by atoms with Crippen LogP contribution in [-0.4, -0.2) is 54.9 Å². The maximum atomic E-state index is 9.22. The topological polar surface area (TPSA) is 73.7 Å². The Bertz CT molecular complexity index is 383. The van der Waals surface area contributed by atoms with Gasteiger partial charge in [-0.2, -0.15) is 0 Å². The number of hydrogen-bond donors (Lipinski definition) is 3. The molecule has 0 unspecified atom stereocenters. The van der Waals surface area contributed by atoms with Crippen LogP contribution in [0.4, 0.5) is 0 Å². The Morgan fingerprint density at radius 1 is 0.688 bits per heavy atom. The van der Waals surface area contributed by atoms with Crippen LogP contribution >= 0.6 is 0 Å². The smallest absolute Gasteiger partial charge is 0.154 e. The molecule has 0 radical (unpaired) electrons. The second kappa shape index (κ2) is 2.91. The van der Waals surface area contributed by atoms with E-state index in [0.29, 0.717) is 37.5 Å². The molecule has 4 aliphatic heterocycles. The third-order valence-electron chi connectivity index (χ3n) is 3.07. The van der Waals surface area contributed by atoms with E-state index in [4.69, 9.17) is 0 Å². The molecule has 4 saturated heterocycles. The first-order valence-corrected chi connectivity index (χ1v) is 4.88. The molecule has 0 spiro atoms. The fraction of sp³-hybridized carbons (Fsp3) is 0.333. The highest BCUT2D eigenvalue weighted by Gasteiger charge is 2.45. The van der Waals surface area contributed by atoms with Crippen molar-refractivity contribution in [3.8, 4) is 0 Å². The molecule has 0 aromatic heterocycles. The molecule has 7 nitrogen and oxygen atoms in total. The van der Waals surface area contributed by atoms with Crippen molar-refractivity contribution >= 4 is 0 Å². The molecule has 3 N–H and O–H groups in total. The van der Waals surface area contributed by atoms with Crippen LogP contribution in [0.1, 0.15) is 0 Å². The number of rotatable bonds is 0. The van der Waals surface area contributed by atoms with Gasteiger partial charge in [0.25, 0.3) is 0 Å². The van der Waals surface area contributed by atoms with Crippen LogP contribution in [0.5, 0.6) is 0 Å². The third-order valence-corrected chi connectivity index (χ3v) is 3.07. The van der Waals surface area contributed by atoms with Crippen molar-refractivity contribution in [2.24, 2.45) is 0 Å². The predicted octanol–water partition coefficient (Wildman–Crippen LogP) is 0.178. The highest BCUT2D eigenvalue weighted by molar-refractivity contribution is 5.25. The maximum absolute atomic E-state index is 9.22. The summed E-state index contributed by atoms with van der Waals surface area (Å²) < 4.78 is 0. The zero-order valence-corrected chi connectivity index (χ0v) is 8.48. The maximum Gasteiger partial charge on any atom is 0.154 e. The SMILES string of the molecule is OC=C1N2CN3CN1C(=CO)N(C2)C3=CO. The molecule has 0 atom stereocenters. The third kappa shape index (κ3) is 0.873. The zero-order valence-electron chi connectivity index (χ0n) is 8.48. The molecule has 4 bridgehead atoms. The van der Waals surface area contributed by atoms with E-state index in [9.17, 15) is 15.3 Å². The normalized spacial score (nSPS) is 27.6. The van der Waals surface area contributed by atoms with Crippen LogP contribution in [0.15, 0.2) is 36.2 Å². The van der Waals surface area contributed by atoms with Crippen molar-refractivity contribution in [3.63, 3.8) is 0 Å². The first kappa shape index (κ1) is 9.08. The minimum atomic E-state index is 0.498. The van der Waals surface area contributed by atoms with Crippen LogP contribution in [0.25, 0.3) is 0 Å². The monoisotopic (exact) mass is 224 g/mol. The highest BCUT2D eigenvalue weighted by atomic mass is 16.3. The van der Waals surface area contributed by atoms with E-state index in [0.717, 1.165) is 18.8 Å². The predicted molar refractivity (Wildman–Crippen MR) is 54.1 cm³/mol. The number of hydrogen-bond acceptors (Lipinski definition) is 7. The molecule has 86 valence electrons. The van der Waals surface area contributed by atoms with Crippen molar-refractivity contribution in [2.45, 2.75) is 0 Å². The average Bonchev–Trinajstić information content (AvgIpc) is 2.29. The molecule has 0 saturated carbocycles. The van der Waals surface area contributed by atoms with Crippen LogP contribution in [-0.2, 0) is 0 Å². The molecule has 0 aromatic rings. The van der Waals surface area contributed by atoms with Gasteiger partial charge in [0.2, 0.25) is 0 Å². The fourth-order valence-electron chi connectivity index (χ4n) is 2.38.